The van der Waals surface area contributed by atoms with E-state index in [2.05, 4.69) is 15.5 Å². The number of benzene rings is 1. The summed E-state index contributed by atoms with van der Waals surface area (Å²) in [5.41, 5.74) is 0.372. The van der Waals surface area contributed by atoms with Gasteiger partial charge in [-0.1, -0.05) is 18.2 Å². The predicted octanol–water partition coefficient (Wildman–Crippen LogP) is 2.40. The Morgan fingerprint density at radius 1 is 1.19 bits per heavy atom. The summed E-state index contributed by atoms with van der Waals surface area (Å²) in [6.07, 6.45) is 1.46. The predicted molar refractivity (Wildman–Crippen MR) is 69.6 cm³/mol. The molecule has 0 unspecified atom stereocenters. The van der Waals surface area contributed by atoms with Gasteiger partial charge in [-0.25, -0.2) is 4.39 Å². The third-order valence-electron chi connectivity index (χ3n) is 2.75. The number of hydrogen-bond acceptors (Lipinski definition) is 5. The number of hydrogen-bond donors (Lipinski definition) is 1. The molecule has 2 aromatic heterocycles. The van der Waals surface area contributed by atoms with Crippen molar-refractivity contribution in [2.75, 3.05) is 0 Å². The van der Waals surface area contributed by atoms with E-state index in [0.29, 0.717) is 11.3 Å². The first-order valence-electron chi connectivity index (χ1n) is 6.13. The topological polar surface area (TPSA) is 81.2 Å². The van der Waals surface area contributed by atoms with Gasteiger partial charge in [-0.05, 0) is 18.2 Å². The molecule has 0 fully saturated rings. The quantitative estimate of drug-likeness (QED) is 0.796. The van der Waals surface area contributed by atoms with Crippen LogP contribution in [0, 0.1) is 5.82 Å². The molecule has 0 aliphatic rings. The number of halogens is 1. The van der Waals surface area contributed by atoms with Crippen LogP contribution in [0.4, 0.5) is 4.39 Å². The Morgan fingerprint density at radius 3 is 2.81 bits per heavy atom. The van der Waals surface area contributed by atoms with Crippen molar-refractivity contribution in [3.05, 3.63) is 59.9 Å². The van der Waals surface area contributed by atoms with Crippen LogP contribution in [0.15, 0.2) is 51.5 Å². The minimum atomic E-state index is -0.580. The smallest absolute Gasteiger partial charge is 0.309 e. The van der Waals surface area contributed by atoms with Crippen molar-refractivity contribution in [1.29, 1.82) is 0 Å². The zero-order valence-electron chi connectivity index (χ0n) is 10.7. The molecule has 0 atom stereocenters. The summed E-state index contributed by atoms with van der Waals surface area (Å²) < 4.78 is 23.7. The van der Waals surface area contributed by atoms with Crippen LogP contribution in [0.2, 0.25) is 0 Å². The monoisotopic (exact) mass is 287 g/mol. The average molecular weight is 287 g/mol. The standard InChI is InChI=1S/C14H10FN3O3/c15-10-5-2-1-4-9(10)8-16-12(19)14-18-17-13(21-14)11-6-3-7-20-11/h1-7H,8H2,(H,16,19). The summed E-state index contributed by atoms with van der Waals surface area (Å²) in [6, 6.07) is 9.47. The first kappa shape index (κ1) is 13.0. The van der Waals surface area contributed by atoms with Gasteiger partial charge < -0.3 is 14.2 Å². The molecule has 106 valence electrons. The zero-order chi connectivity index (χ0) is 14.7. The molecular weight excluding hydrogens is 277 g/mol. The summed E-state index contributed by atoms with van der Waals surface area (Å²) >= 11 is 0. The molecule has 0 aliphatic heterocycles. The molecule has 3 rings (SSSR count). The molecule has 6 nitrogen and oxygen atoms in total. The lowest BCUT2D eigenvalue weighted by Gasteiger charge is -2.03. The highest BCUT2D eigenvalue weighted by Gasteiger charge is 2.17. The Labute approximate surface area is 118 Å². The maximum atomic E-state index is 13.4. The van der Waals surface area contributed by atoms with Crippen molar-refractivity contribution in [1.82, 2.24) is 15.5 Å². The number of furan rings is 1. The molecule has 0 saturated heterocycles. The number of nitrogens with zero attached hydrogens (tertiary/aromatic N) is 2. The van der Waals surface area contributed by atoms with Crippen LogP contribution in [0.5, 0.6) is 0 Å². The third kappa shape index (κ3) is 2.81. The van der Waals surface area contributed by atoms with Crippen molar-refractivity contribution >= 4 is 5.91 Å². The number of amides is 1. The first-order valence-corrected chi connectivity index (χ1v) is 6.13. The van der Waals surface area contributed by atoms with E-state index in [-0.39, 0.29) is 24.1 Å². The van der Waals surface area contributed by atoms with Gasteiger partial charge in [-0.2, -0.15) is 0 Å². The van der Waals surface area contributed by atoms with Crippen LogP contribution in [-0.2, 0) is 6.54 Å². The van der Waals surface area contributed by atoms with Gasteiger partial charge in [0.25, 0.3) is 5.89 Å². The Kier molecular flexibility index (Phi) is 3.46. The molecule has 1 amide bonds. The van der Waals surface area contributed by atoms with Gasteiger partial charge in [0.2, 0.25) is 0 Å². The molecule has 1 N–H and O–H groups in total. The van der Waals surface area contributed by atoms with Crippen molar-refractivity contribution in [3.63, 3.8) is 0 Å². The molecule has 2 heterocycles. The number of nitrogens with one attached hydrogen (secondary N) is 1. The van der Waals surface area contributed by atoms with Gasteiger partial charge in [-0.3, -0.25) is 4.79 Å². The second-order valence-electron chi connectivity index (χ2n) is 4.16. The minimum Gasteiger partial charge on any atom is -0.459 e. The number of rotatable bonds is 4. The van der Waals surface area contributed by atoms with E-state index in [1.807, 2.05) is 0 Å². The Bertz CT molecular complexity index is 752. The largest absolute Gasteiger partial charge is 0.459 e. The molecular formula is C14H10FN3O3. The SMILES string of the molecule is O=C(NCc1ccccc1F)c1nnc(-c2ccco2)o1. The third-order valence-corrected chi connectivity index (χ3v) is 2.75. The van der Waals surface area contributed by atoms with Crippen molar-refractivity contribution in [2.45, 2.75) is 6.54 Å². The zero-order valence-corrected chi connectivity index (χ0v) is 10.7. The average Bonchev–Trinajstić information content (AvgIpc) is 3.16. The maximum Gasteiger partial charge on any atom is 0.309 e. The van der Waals surface area contributed by atoms with Crippen LogP contribution in [-0.4, -0.2) is 16.1 Å². The highest BCUT2D eigenvalue weighted by molar-refractivity contribution is 5.89. The fourth-order valence-corrected chi connectivity index (χ4v) is 1.71. The van der Waals surface area contributed by atoms with Crippen LogP contribution in [0.25, 0.3) is 11.7 Å². The van der Waals surface area contributed by atoms with Crippen LogP contribution >= 0.6 is 0 Å². The lowest BCUT2D eigenvalue weighted by atomic mass is 10.2. The highest BCUT2D eigenvalue weighted by Crippen LogP contribution is 2.17. The van der Waals surface area contributed by atoms with E-state index in [1.165, 1.54) is 12.3 Å². The van der Waals surface area contributed by atoms with E-state index < -0.39 is 5.91 Å². The van der Waals surface area contributed by atoms with Crippen molar-refractivity contribution in [2.24, 2.45) is 0 Å². The second kappa shape index (κ2) is 5.58. The fourth-order valence-electron chi connectivity index (χ4n) is 1.71. The Balaban J connectivity index is 1.68. The lowest BCUT2D eigenvalue weighted by molar-refractivity contribution is 0.0916. The fraction of sp³-hybridized carbons (Fsp3) is 0.0714. The molecule has 0 radical (unpaired) electrons. The van der Waals surface area contributed by atoms with Gasteiger partial charge in [-0.15, -0.1) is 10.2 Å². The van der Waals surface area contributed by atoms with Crippen molar-refractivity contribution < 1.29 is 18.0 Å². The van der Waals surface area contributed by atoms with Gasteiger partial charge >= 0.3 is 11.8 Å². The number of aromatic nitrogens is 2. The van der Waals surface area contributed by atoms with E-state index >= 15 is 0 Å². The van der Waals surface area contributed by atoms with Gasteiger partial charge in [0.1, 0.15) is 5.82 Å². The molecule has 21 heavy (non-hydrogen) atoms. The van der Waals surface area contributed by atoms with Crippen LogP contribution in [0.3, 0.4) is 0 Å². The summed E-state index contributed by atoms with van der Waals surface area (Å²) in [5, 5.41) is 9.84. The van der Waals surface area contributed by atoms with Gasteiger partial charge in [0.15, 0.2) is 5.76 Å². The summed E-state index contributed by atoms with van der Waals surface area (Å²) in [6.45, 7) is 0.0317. The molecule has 7 heteroatoms. The summed E-state index contributed by atoms with van der Waals surface area (Å²) in [7, 11) is 0. The second-order valence-corrected chi connectivity index (χ2v) is 4.16. The number of carbonyl (C=O) groups is 1. The number of carbonyl (C=O) groups excluding carboxylic acids is 1. The molecule has 0 aliphatic carbocycles. The van der Waals surface area contributed by atoms with Crippen LogP contribution < -0.4 is 5.32 Å². The highest BCUT2D eigenvalue weighted by atomic mass is 19.1. The Morgan fingerprint density at radius 2 is 2.05 bits per heavy atom. The summed E-state index contributed by atoms with van der Waals surface area (Å²) in [5.74, 6) is -0.701. The van der Waals surface area contributed by atoms with E-state index in [9.17, 15) is 9.18 Å². The van der Waals surface area contributed by atoms with E-state index in [4.69, 9.17) is 8.83 Å². The van der Waals surface area contributed by atoms with E-state index in [1.54, 1.807) is 30.3 Å². The van der Waals surface area contributed by atoms with Gasteiger partial charge in [0.05, 0.1) is 6.26 Å². The van der Waals surface area contributed by atoms with Gasteiger partial charge in [0, 0.05) is 12.1 Å². The van der Waals surface area contributed by atoms with Crippen molar-refractivity contribution in [3.8, 4) is 11.7 Å². The minimum absolute atomic E-state index is 0.0317. The molecule has 0 bridgehead atoms. The molecule has 3 aromatic rings. The Hall–Kier alpha value is -2.96. The maximum absolute atomic E-state index is 13.4. The molecule has 0 saturated carbocycles. The molecule has 1 aromatic carbocycles. The van der Waals surface area contributed by atoms with E-state index in [0.717, 1.165) is 0 Å². The lowest BCUT2D eigenvalue weighted by Crippen LogP contribution is -2.23. The van der Waals surface area contributed by atoms with Crippen LogP contribution in [0.1, 0.15) is 16.2 Å². The molecule has 0 spiro atoms. The normalized spacial score (nSPS) is 10.5. The first-order chi connectivity index (χ1) is 10.2. The summed E-state index contributed by atoms with van der Waals surface area (Å²) in [4.78, 5) is 11.9.